The van der Waals surface area contributed by atoms with Crippen molar-refractivity contribution in [2.75, 3.05) is 0 Å². The number of carboxylic acids is 1. The Labute approximate surface area is 173 Å². The summed E-state index contributed by atoms with van der Waals surface area (Å²) in [5.41, 5.74) is 2.59. The molecule has 3 aromatic rings. The lowest BCUT2D eigenvalue weighted by Crippen LogP contribution is -2.39. The zero-order valence-electron chi connectivity index (χ0n) is 16.3. The monoisotopic (exact) mass is 405 g/mol. The van der Waals surface area contributed by atoms with E-state index in [1.165, 1.54) is 6.07 Å². The summed E-state index contributed by atoms with van der Waals surface area (Å²) < 4.78 is 0. The van der Waals surface area contributed by atoms with Crippen molar-refractivity contribution >= 4 is 11.9 Å². The predicted molar refractivity (Wildman–Crippen MR) is 111 cm³/mol. The van der Waals surface area contributed by atoms with Gasteiger partial charge in [-0.15, -0.1) is 5.10 Å². The number of nitrogens with one attached hydrogen (secondary N) is 2. The van der Waals surface area contributed by atoms with E-state index >= 15 is 0 Å². The number of nitrogens with zero attached hydrogens (tertiary/aromatic N) is 1. The summed E-state index contributed by atoms with van der Waals surface area (Å²) >= 11 is 0. The first-order valence-electron chi connectivity index (χ1n) is 9.88. The van der Waals surface area contributed by atoms with Crippen molar-refractivity contribution in [3.63, 3.8) is 0 Å². The van der Waals surface area contributed by atoms with Gasteiger partial charge in [-0.3, -0.25) is 14.7 Å². The molecule has 1 unspecified atom stereocenters. The molecule has 30 heavy (non-hydrogen) atoms. The number of hydrogen-bond donors (Lipinski definition) is 4. The van der Waals surface area contributed by atoms with E-state index in [0.29, 0.717) is 25.7 Å². The van der Waals surface area contributed by atoms with Gasteiger partial charge >= 0.3 is 5.97 Å². The normalized spacial score (nSPS) is 15.3. The molecule has 0 radical (unpaired) electrons. The van der Waals surface area contributed by atoms with E-state index in [1.807, 2.05) is 54.6 Å². The van der Waals surface area contributed by atoms with Gasteiger partial charge in [-0.2, -0.15) is 0 Å². The van der Waals surface area contributed by atoms with Crippen LogP contribution in [0.15, 0.2) is 60.7 Å². The van der Waals surface area contributed by atoms with Gasteiger partial charge in [0.25, 0.3) is 5.91 Å². The highest BCUT2D eigenvalue weighted by Gasteiger charge is 2.51. The lowest BCUT2D eigenvalue weighted by molar-refractivity contribution is -0.143. The Morgan fingerprint density at radius 2 is 1.73 bits per heavy atom. The molecule has 1 amide bonds. The predicted octanol–water partition coefficient (Wildman–Crippen LogP) is 3.38. The number of rotatable bonds is 8. The van der Waals surface area contributed by atoms with Crippen LogP contribution in [0.3, 0.4) is 0 Å². The number of aliphatic carboxylic acids is 1. The highest BCUT2D eigenvalue weighted by Crippen LogP contribution is 2.50. The molecule has 154 valence electrons. The van der Waals surface area contributed by atoms with E-state index < -0.39 is 17.3 Å². The first kappa shape index (κ1) is 19.7. The molecule has 1 atom stereocenters. The molecule has 4 N–H and O–H groups in total. The summed E-state index contributed by atoms with van der Waals surface area (Å²) in [6.07, 6.45) is 2.10. The maximum Gasteiger partial charge on any atom is 0.309 e. The molecular weight excluding hydrogens is 382 g/mol. The fourth-order valence-electron chi connectivity index (χ4n) is 3.74. The van der Waals surface area contributed by atoms with Crippen molar-refractivity contribution < 1.29 is 19.8 Å². The standard InChI is InChI=1S/C23H23N3O4/c27-20-13-19(25-26-20)21(28)24-18(14-23(10-11-23)22(29)30)12-15-6-8-17(9-7-15)16-4-2-1-3-5-16/h1-9,13,18H,10-12,14H2,(H,24,28)(H,29,30)(H2,25,26,27). The van der Waals surface area contributed by atoms with E-state index in [9.17, 15) is 19.8 Å². The number of aromatic amines is 1. The third-order valence-electron chi connectivity index (χ3n) is 5.63. The minimum atomic E-state index is -0.819. The van der Waals surface area contributed by atoms with Crippen LogP contribution in [0.2, 0.25) is 0 Å². The van der Waals surface area contributed by atoms with Crippen LogP contribution >= 0.6 is 0 Å². The molecular formula is C23H23N3O4. The van der Waals surface area contributed by atoms with Crippen LogP contribution in [0.1, 0.15) is 35.3 Å². The van der Waals surface area contributed by atoms with Gasteiger partial charge in [0.15, 0.2) is 0 Å². The first-order valence-corrected chi connectivity index (χ1v) is 9.88. The van der Waals surface area contributed by atoms with Gasteiger partial charge in [0.2, 0.25) is 5.88 Å². The average Bonchev–Trinajstić information content (AvgIpc) is 3.40. The van der Waals surface area contributed by atoms with E-state index in [0.717, 1.165) is 16.7 Å². The summed E-state index contributed by atoms with van der Waals surface area (Å²) in [7, 11) is 0. The minimum absolute atomic E-state index is 0.136. The number of carbonyl (C=O) groups excluding carboxylic acids is 1. The number of benzene rings is 2. The molecule has 1 aliphatic carbocycles. The molecule has 2 aromatic carbocycles. The number of H-pyrrole nitrogens is 1. The summed E-state index contributed by atoms with van der Waals surface area (Å²) in [5, 5.41) is 27.9. The van der Waals surface area contributed by atoms with Crippen molar-refractivity contribution in [2.45, 2.75) is 31.7 Å². The van der Waals surface area contributed by atoms with Crippen LogP contribution in [0, 0.1) is 5.41 Å². The quantitative estimate of drug-likeness (QED) is 0.459. The zero-order valence-corrected chi connectivity index (χ0v) is 16.3. The molecule has 1 saturated carbocycles. The zero-order chi connectivity index (χ0) is 21.1. The van der Waals surface area contributed by atoms with E-state index in [-0.39, 0.29) is 17.6 Å². The second kappa shape index (κ2) is 8.02. The highest BCUT2D eigenvalue weighted by molar-refractivity contribution is 5.92. The van der Waals surface area contributed by atoms with E-state index in [4.69, 9.17) is 0 Å². The summed E-state index contributed by atoms with van der Waals surface area (Å²) in [6, 6.07) is 19.0. The molecule has 1 heterocycles. The molecule has 0 saturated heterocycles. The minimum Gasteiger partial charge on any atom is -0.492 e. The van der Waals surface area contributed by atoms with Gasteiger partial charge in [-0.05, 0) is 42.4 Å². The summed E-state index contributed by atoms with van der Waals surface area (Å²) in [5.74, 6) is -1.51. The highest BCUT2D eigenvalue weighted by atomic mass is 16.4. The second-order valence-electron chi connectivity index (χ2n) is 7.87. The first-order chi connectivity index (χ1) is 14.4. The van der Waals surface area contributed by atoms with Gasteiger partial charge in [-0.1, -0.05) is 54.6 Å². The number of aromatic hydroxyl groups is 1. The van der Waals surface area contributed by atoms with Gasteiger partial charge < -0.3 is 15.5 Å². The van der Waals surface area contributed by atoms with Crippen LogP contribution < -0.4 is 5.32 Å². The molecule has 7 heteroatoms. The van der Waals surface area contributed by atoms with E-state index in [1.54, 1.807) is 0 Å². The molecule has 0 aliphatic heterocycles. The maximum atomic E-state index is 12.5. The van der Waals surface area contributed by atoms with Gasteiger partial charge in [0.05, 0.1) is 5.41 Å². The SMILES string of the molecule is O=C(NC(Cc1ccc(-c2ccccc2)cc1)CC1(C(=O)O)CC1)c1cc(O)n[nH]1. The van der Waals surface area contributed by atoms with E-state index in [2.05, 4.69) is 15.5 Å². The molecule has 0 bridgehead atoms. The summed E-state index contributed by atoms with van der Waals surface area (Å²) in [4.78, 5) is 24.2. The summed E-state index contributed by atoms with van der Waals surface area (Å²) in [6.45, 7) is 0. The molecule has 1 fully saturated rings. The number of carboxylic acid groups (broad SMARTS) is 1. The van der Waals surface area contributed by atoms with Crippen LogP contribution in [0.5, 0.6) is 5.88 Å². The lowest BCUT2D eigenvalue weighted by Gasteiger charge is -2.22. The fourth-order valence-corrected chi connectivity index (χ4v) is 3.74. The average molecular weight is 405 g/mol. The third-order valence-corrected chi connectivity index (χ3v) is 5.63. The molecule has 7 nitrogen and oxygen atoms in total. The topological polar surface area (TPSA) is 115 Å². The Morgan fingerprint density at radius 1 is 1.07 bits per heavy atom. The number of aromatic nitrogens is 2. The van der Waals surface area contributed by atoms with Crippen molar-refractivity contribution in [3.05, 3.63) is 71.9 Å². The smallest absolute Gasteiger partial charge is 0.309 e. The van der Waals surface area contributed by atoms with Crippen molar-refractivity contribution in [1.29, 1.82) is 0 Å². The fraction of sp³-hybridized carbons (Fsp3) is 0.261. The van der Waals surface area contributed by atoms with Crippen LogP contribution in [-0.4, -0.2) is 38.3 Å². The Balaban J connectivity index is 1.50. The van der Waals surface area contributed by atoms with Crippen LogP contribution in [0.25, 0.3) is 11.1 Å². The Hall–Kier alpha value is -3.61. The number of hydrogen-bond acceptors (Lipinski definition) is 4. The third kappa shape index (κ3) is 4.35. The number of carbonyl (C=O) groups is 2. The van der Waals surface area contributed by atoms with Gasteiger partial charge in [0.1, 0.15) is 5.69 Å². The molecule has 1 aromatic heterocycles. The van der Waals surface area contributed by atoms with Crippen molar-refractivity contribution in [3.8, 4) is 17.0 Å². The molecule has 0 spiro atoms. The second-order valence-corrected chi connectivity index (χ2v) is 7.87. The Morgan fingerprint density at radius 3 is 2.30 bits per heavy atom. The van der Waals surface area contributed by atoms with Crippen molar-refractivity contribution in [2.24, 2.45) is 5.41 Å². The number of amides is 1. The molecule has 4 rings (SSSR count). The van der Waals surface area contributed by atoms with Crippen LogP contribution in [-0.2, 0) is 11.2 Å². The van der Waals surface area contributed by atoms with Crippen molar-refractivity contribution in [1.82, 2.24) is 15.5 Å². The Kier molecular flexibility index (Phi) is 5.27. The Bertz CT molecular complexity index is 1040. The van der Waals surface area contributed by atoms with Crippen LogP contribution in [0.4, 0.5) is 0 Å². The van der Waals surface area contributed by atoms with Gasteiger partial charge in [0, 0.05) is 12.1 Å². The van der Waals surface area contributed by atoms with Gasteiger partial charge in [-0.25, -0.2) is 0 Å². The lowest BCUT2D eigenvalue weighted by atomic mass is 9.92. The largest absolute Gasteiger partial charge is 0.492 e. The maximum absolute atomic E-state index is 12.5. The molecule has 1 aliphatic rings.